The second kappa shape index (κ2) is 6.01. The van der Waals surface area contributed by atoms with Crippen molar-refractivity contribution in [1.29, 1.82) is 0 Å². The average molecular weight is 360 g/mol. The Balaban J connectivity index is 1.93. The number of fused-ring (bicyclic) bond motifs is 1. The van der Waals surface area contributed by atoms with Gasteiger partial charge in [-0.05, 0) is 52.2 Å². The van der Waals surface area contributed by atoms with Gasteiger partial charge >= 0.3 is 0 Å². The maximum Gasteiger partial charge on any atom is 0.227 e. The quantitative estimate of drug-likeness (QED) is 0.649. The predicted molar refractivity (Wildman–Crippen MR) is 94.9 cm³/mol. The molecule has 0 aliphatic heterocycles. The molecule has 0 aliphatic carbocycles. The van der Waals surface area contributed by atoms with Crippen molar-refractivity contribution in [2.75, 3.05) is 17.6 Å². The summed E-state index contributed by atoms with van der Waals surface area (Å²) in [5.74, 6) is 1.14. The van der Waals surface area contributed by atoms with Crippen molar-refractivity contribution in [1.82, 2.24) is 4.98 Å². The van der Waals surface area contributed by atoms with Gasteiger partial charge in [0.15, 0.2) is 5.58 Å². The lowest BCUT2D eigenvalue weighted by Gasteiger charge is -2.11. The molecule has 1 aromatic heterocycles. The van der Waals surface area contributed by atoms with E-state index in [1.165, 1.54) is 0 Å². The smallest absolute Gasteiger partial charge is 0.227 e. The van der Waals surface area contributed by atoms with Crippen LogP contribution in [0, 0.1) is 5.92 Å². The summed E-state index contributed by atoms with van der Waals surface area (Å²) in [7, 11) is 0. The van der Waals surface area contributed by atoms with Crippen molar-refractivity contribution in [2.24, 2.45) is 5.92 Å². The topological polar surface area (TPSA) is 64.1 Å². The Bertz CT molecular complexity index is 811. The van der Waals surface area contributed by atoms with E-state index < -0.39 is 0 Å². The molecule has 0 saturated carbocycles. The molecule has 0 unspecified atom stereocenters. The van der Waals surface area contributed by atoms with E-state index in [0.717, 1.165) is 33.4 Å². The SMILES string of the molecule is CC(C)CNc1ccc(-c2nc3cccc(Br)c3o2)cc1N. The van der Waals surface area contributed by atoms with Crippen LogP contribution in [-0.4, -0.2) is 11.5 Å². The second-order valence-corrected chi connectivity index (χ2v) is 6.54. The molecule has 2 aromatic carbocycles. The van der Waals surface area contributed by atoms with Crippen molar-refractivity contribution < 1.29 is 4.42 Å². The molecule has 4 nitrogen and oxygen atoms in total. The van der Waals surface area contributed by atoms with E-state index in [0.29, 0.717) is 17.5 Å². The Hall–Kier alpha value is -2.01. The number of nitrogen functional groups attached to an aromatic ring is 1. The van der Waals surface area contributed by atoms with Crippen LogP contribution in [0.2, 0.25) is 0 Å². The molecular weight excluding hydrogens is 342 g/mol. The van der Waals surface area contributed by atoms with E-state index in [-0.39, 0.29) is 0 Å². The lowest BCUT2D eigenvalue weighted by atomic mass is 10.1. The Kier molecular flexibility index (Phi) is 4.07. The van der Waals surface area contributed by atoms with Gasteiger partial charge < -0.3 is 15.5 Å². The predicted octanol–water partition coefficient (Wildman–Crippen LogP) is 4.91. The van der Waals surface area contributed by atoms with Gasteiger partial charge in [-0.1, -0.05) is 19.9 Å². The molecule has 0 radical (unpaired) electrons. The van der Waals surface area contributed by atoms with E-state index >= 15 is 0 Å². The molecule has 1 heterocycles. The first kappa shape index (κ1) is 14.9. The third-order valence-corrected chi connectivity index (χ3v) is 3.99. The number of nitrogens with zero attached hydrogens (tertiary/aromatic N) is 1. The van der Waals surface area contributed by atoms with Gasteiger partial charge in [0.1, 0.15) is 5.52 Å². The highest BCUT2D eigenvalue weighted by molar-refractivity contribution is 9.10. The number of para-hydroxylation sites is 1. The first-order valence-corrected chi connectivity index (χ1v) is 8.02. The minimum absolute atomic E-state index is 0.563. The highest BCUT2D eigenvalue weighted by atomic mass is 79.9. The number of halogens is 1. The van der Waals surface area contributed by atoms with Crippen LogP contribution in [0.4, 0.5) is 11.4 Å². The summed E-state index contributed by atoms with van der Waals surface area (Å²) in [6.45, 7) is 5.21. The van der Waals surface area contributed by atoms with E-state index in [9.17, 15) is 0 Å². The Morgan fingerprint density at radius 2 is 2.09 bits per heavy atom. The molecule has 0 saturated heterocycles. The van der Waals surface area contributed by atoms with E-state index in [4.69, 9.17) is 10.2 Å². The normalized spacial score (nSPS) is 11.3. The van der Waals surface area contributed by atoms with E-state index in [1.54, 1.807) is 0 Å². The van der Waals surface area contributed by atoms with Crippen LogP contribution in [0.1, 0.15) is 13.8 Å². The summed E-state index contributed by atoms with van der Waals surface area (Å²) in [4.78, 5) is 4.52. The minimum Gasteiger partial charge on any atom is -0.435 e. The third kappa shape index (κ3) is 2.95. The zero-order valence-electron chi connectivity index (χ0n) is 12.6. The average Bonchev–Trinajstić information content (AvgIpc) is 2.91. The molecule has 0 spiro atoms. The lowest BCUT2D eigenvalue weighted by Crippen LogP contribution is -2.09. The molecule has 114 valence electrons. The first-order valence-electron chi connectivity index (χ1n) is 7.23. The van der Waals surface area contributed by atoms with Crippen LogP contribution in [0.3, 0.4) is 0 Å². The molecule has 0 aliphatic rings. The van der Waals surface area contributed by atoms with Crippen molar-refractivity contribution in [3.63, 3.8) is 0 Å². The summed E-state index contributed by atoms with van der Waals surface area (Å²) < 4.78 is 6.74. The number of benzene rings is 2. The number of oxazole rings is 1. The number of hydrogen-bond donors (Lipinski definition) is 2. The number of anilines is 2. The largest absolute Gasteiger partial charge is 0.435 e. The summed E-state index contributed by atoms with van der Waals surface area (Å²) >= 11 is 3.47. The van der Waals surface area contributed by atoms with Crippen LogP contribution in [0.15, 0.2) is 45.3 Å². The van der Waals surface area contributed by atoms with Gasteiger partial charge in [0, 0.05) is 12.1 Å². The van der Waals surface area contributed by atoms with Gasteiger partial charge in [0.2, 0.25) is 5.89 Å². The zero-order chi connectivity index (χ0) is 15.7. The van der Waals surface area contributed by atoms with E-state index in [1.807, 2.05) is 36.4 Å². The second-order valence-electron chi connectivity index (χ2n) is 5.68. The molecule has 0 fully saturated rings. The molecule has 3 aromatic rings. The fraction of sp³-hybridized carbons (Fsp3) is 0.235. The van der Waals surface area contributed by atoms with Gasteiger partial charge in [0.05, 0.1) is 15.8 Å². The van der Waals surface area contributed by atoms with E-state index in [2.05, 4.69) is 40.1 Å². The fourth-order valence-electron chi connectivity index (χ4n) is 2.21. The molecule has 3 rings (SSSR count). The molecule has 0 atom stereocenters. The maximum absolute atomic E-state index is 6.13. The standard InChI is InChI=1S/C17H18BrN3O/c1-10(2)9-20-14-7-6-11(8-13(14)19)17-21-15-5-3-4-12(18)16(15)22-17/h3-8,10,20H,9,19H2,1-2H3. The van der Waals surface area contributed by atoms with Gasteiger partial charge in [-0.2, -0.15) is 0 Å². The van der Waals surface area contributed by atoms with Crippen molar-refractivity contribution in [2.45, 2.75) is 13.8 Å². The zero-order valence-corrected chi connectivity index (χ0v) is 14.1. The van der Waals surface area contributed by atoms with Crippen LogP contribution in [0.25, 0.3) is 22.6 Å². The highest BCUT2D eigenvalue weighted by Crippen LogP contribution is 2.31. The van der Waals surface area contributed by atoms with Gasteiger partial charge in [0.25, 0.3) is 0 Å². The van der Waals surface area contributed by atoms with Crippen molar-refractivity contribution in [3.05, 3.63) is 40.9 Å². The van der Waals surface area contributed by atoms with Crippen LogP contribution in [0.5, 0.6) is 0 Å². The Morgan fingerprint density at radius 3 is 2.77 bits per heavy atom. The van der Waals surface area contributed by atoms with Crippen LogP contribution < -0.4 is 11.1 Å². The Morgan fingerprint density at radius 1 is 1.27 bits per heavy atom. The molecule has 22 heavy (non-hydrogen) atoms. The molecule has 0 bridgehead atoms. The number of rotatable bonds is 4. The van der Waals surface area contributed by atoms with Crippen LogP contribution >= 0.6 is 15.9 Å². The highest BCUT2D eigenvalue weighted by Gasteiger charge is 2.11. The molecular formula is C17H18BrN3O. The number of aromatic nitrogens is 1. The van der Waals surface area contributed by atoms with Gasteiger partial charge in [-0.15, -0.1) is 0 Å². The van der Waals surface area contributed by atoms with Crippen LogP contribution in [-0.2, 0) is 0 Å². The number of nitrogens with one attached hydrogen (secondary N) is 1. The van der Waals surface area contributed by atoms with Crippen molar-refractivity contribution in [3.8, 4) is 11.5 Å². The summed E-state index contributed by atoms with van der Waals surface area (Å²) in [6.07, 6.45) is 0. The molecule has 3 N–H and O–H groups in total. The van der Waals surface area contributed by atoms with Crippen molar-refractivity contribution >= 4 is 38.4 Å². The summed E-state index contributed by atoms with van der Waals surface area (Å²) in [5, 5.41) is 3.34. The Labute approximate surface area is 137 Å². The minimum atomic E-state index is 0.563. The molecule has 5 heteroatoms. The summed E-state index contributed by atoms with van der Waals surface area (Å²) in [6, 6.07) is 11.6. The third-order valence-electron chi connectivity index (χ3n) is 3.37. The number of nitrogens with two attached hydrogens (primary N) is 1. The van der Waals surface area contributed by atoms with Gasteiger partial charge in [-0.3, -0.25) is 0 Å². The van der Waals surface area contributed by atoms with Gasteiger partial charge in [-0.25, -0.2) is 4.98 Å². The first-order chi connectivity index (χ1) is 10.5. The number of hydrogen-bond acceptors (Lipinski definition) is 4. The fourth-order valence-corrected chi connectivity index (χ4v) is 2.65. The molecule has 0 amide bonds. The maximum atomic E-state index is 6.13. The monoisotopic (exact) mass is 359 g/mol. The summed E-state index contributed by atoms with van der Waals surface area (Å²) in [5.41, 5.74) is 10.2. The lowest BCUT2D eigenvalue weighted by molar-refractivity contribution is 0.618.